The molecule has 0 unspecified atom stereocenters. The molecule has 0 saturated carbocycles. The topological polar surface area (TPSA) is 121 Å². The standard InChI is InChI=1S/C26H25N3O5S/c1-34-21-13-9-18(10-14-21)24-23(28-25(29-24)19-6-3-2-4-7-19)8-5-17-27-35(32,33)22-15-11-20(12-16-22)26(30)31/h2-4,6-7,9-16,27H,5,8,17H2,1H3,(H,28,29)(H,30,31). The number of H-pyrrole nitrogens is 1. The second kappa shape index (κ2) is 10.5. The molecule has 3 aromatic carbocycles. The molecule has 180 valence electrons. The fourth-order valence-corrected chi connectivity index (χ4v) is 4.72. The quantitative estimate of drug-likeness (QED) is 0.283. The number of imidazole rings is 1. The molecule has 0 radical (unpaired) electrons. The van der Waals surface area contributed by atoms with Crippen LogP contribution in [0.15, 0.2) is 83.8 Å². The van der Waals surface area contributed by atoms with E-state index >= 15 is 0 Å². The summed E-state index contributed by atoms with van der Waals surface area (Å²) in [5.41, 5.74) is 3.62. The summed E-state index contributed by atoms with van der Waals surface area (Å²) in [5, 5.41) is 8.99. The fourth-order valence-electron chi connectivity index (χ4n) is 3.64. The van der Waals surface area contributed by atoms with Crippen molar-refractivity contribution in [3.63, 3.8) is 0 Å². The second-order valence-electron chi connectivity index (χ2n) is 7.84. The summed E-state index contributed by atoms with van der Waals surface area (Å²) >= 11 is 0. The summed E-state index contributed by atoms with van der Waals surface area (Å²) in [4.78, 5) is 19.2. The summed E-state index contributed by atoms with van der Waals surface area (Å²) in [6, 6.07) is 22.5. The van der Waals surface area contributed by atoms with Crippen LogP contribution in [0.2, 0.25) is 0 Å². The van der Waals surface area contributed by atoms with Gasteiger partial charge in [-0.05, 0) is 61.4 Å². The first-order chi connectivity index (χ1) is 16.9. The number of aromatic amines is 1. The van der Waals surface area contributed by atoms with Crippen molar-refractivity contribution < 1.29 is 23.1 Å². The lowest BCUT2D eigenvalue weighted by Crippen LogP contribution is -2.25. The fraction of sp³-hybridized carbons (Fsp3) is 0.154. The molecule has 8 nitrogen and oxygen atoms in total. The number of carboxylic acid groups (broad SMARTS) is 1. The smallest absolute Gasteiger partial charge is 0.335 e. The van der Waals surface area contributed by atoms with Gasteiger partial charge in [0.05, 0.1) is 23.3 Å². The van der Waals surface area contributed by atoms with Crippen molar-refractivity contribution in [1.29, 1.82) is 0 Å². The number of methoxy groups -OCH3 is 1. The van der Waals surface area contributed by atoms with Crippen LogP contribution in [-0.4, -0.2) is 43.1 Å². The molecule has 0 spiro atoms. The maximum absolute atomic E-state index is 12.6. The molecule has 0 aliphatic heterocycles. The second-order valence-corrected chi connectivity index (χ2v) is 9.60. The van der Waals surface area contributed by atoms with Gasteiger partial charge in [0.25, 0.3) is 0 Å². The number of aryl methyl sites for hydroxylation is 1. The van der Waals surface area contributed by atoms with Crippen molar-refractivity contribution in [1.82, 2.24) is 14.7 Å². The van der Waals surface area contributed by atoms with Gasteiger partial charge in [0.1, 0.15) is 11.6 Å². The lowest BCUT2D eigenvalue weighted by atomic mass is 10.1. The number of nitrogens with zero attached hydrogens (tertiary/aromatic N) is 1. The first-order valence-corrected chi connectivity index (χ1v) is 12.5. The van der Waals surface area contributed by atoms with E-state index in [2.05, 4.69) is 9.71 Å². The molecule has 0 amide bonds. The molecule has 1 heterocycles. The Labute approximate surface area is 203 Å². The molecule has 0 saturated heterocycles. The van der Waals surface area contributed by atoms with Gasteiger partial charge in [0.2, 0.25) is 10.0 Å². The van der Waals surface area contributed by atoms with E-state index in [0.717, 1.165) is 34.1 Å². The summed E-state index contributed by atoms with van der Waals surface area (Å²) in [6.45, 7) is 0.213. The minimum absolute atomic E-state index is 0.0225. The van der Waals surface area contributed by atoms with Gasteiger partial charge < -0.3 is 14.8 Å². The Morgan fingerprint density at radius 3 is 2.29 bits per heavy atom. The third kappa shape index (κ3) is 5.76. The average molecular weight is 492 g/mol. The van der Waals surface area contributed by atoms with Crippen molar-refractivity contribution in [3.8, 4) is 28.4 Å². The monoisotopic (exact) mass is 491 g/mol. The van der Waals surface area contributed by atoms with Crippen LogP contribution < -0.4 is 9.46 Å². The molecular formula is C26H25N3O5S. The van der Waals surface area contributed by atoms with Gasteiger partial charge in [-0.15, -0.1) is 0 Å². The van der Waals surface area contributed by atoms with Crippen LogP contribution in [-0.2, 0) is 16.4 Å². The van der Waals surface area contributed by atoms with Crippen LogP contribution >= 0.6 is 0 Å². The molecule has 0 bridgehead atoms. The summed E-state index contributed by atoms with van der Waals surface area (Å²) < 4.78 is 33.0. The zero-order valence-electron chi connectivity index (χ0n) is 19.1. The van der Waals surface area contributed by atoms with Crippen molar-refractivity contribution in [3.05, 3.63) is 90.1 Å². The highest BCUT2D eigenvalue weighted by atomic mass is 32.2. The molecule has 0 aliphatic rings. The zero-order chi connectivity index (χ0) is 24.8. The van der Waals surface area contributed by atoms with Crippen LogP contribution in [0.3, 0.4) is 0 Å². The number of rotatable bonds is 10. The maximum Gasteiger partial charge on any atom is 0.335 e. The van der Waals surface area contributed by atoms with Crippen LogP contribution in [0.25, 0.3) is 22.6 Å². The molecule has 4 rings (SSSR count). The van der Waals surface area contributed by atoms with Gasteiger partial charge >= 0.3 is 5.97 Å². The van der Waals surface area contributed by atoms with E-state index in [0.29, 0.717) is 12.8 Å². The van der Waals surface area contributed by atoms with E-state index in [1.807, 2.05) is 54.6 Å². The number of hydrogen-bond acceptors (Lipinski definition) is 5. The zero-order valence-corrected chi connectivity index (χ0v) is 19.9. The van der Waals surface area contributed by atoms with E-state index < -0.39 is 16.0 Å². The highest BCUT2D eigenvalue weighted by molar-refractivity contribution is 7.89. The van der Waals surface area contributed by atoms with Crippen molar-refractivity contribution >= 4 is 16.0 Å². The highest BCUT2D eigenvalue weighted by Gasteiger charge is 2.16. The molecule has 4 aromatic rings. The number of carbonyl (C=O) groups is 1. The SMILES string of the molecule is COc1ccc(-c2nc(-c3ccccc3)[nH]c2CCCNS(=O)(=O)c2ccc(C(=O)O)cc2)cc1. The molecule has 3 N–H and O–H groups in total. The third-order valence-electron chi connectivity index (χ3n) is 5.50. The van der Waals surface area contributed by atoms with Gasteiger partial charge in [-0.2, -0.15) is 0 Å². The predicted molar refractivity (Wildman–Crippen MR) is 133 cm³/mol. The predicted octanol–water partition coefficient (Wildman–Crippen LogP) is 4.36. The van der Waals surface area contributed by atoms with Gasteiger partial charge in [-0.25, -0.2) is 22.9 Å². The average Bonchev–Trinajstić information content (AvgIpc) is 3.31. The minimum Gasteiger partial charge on any atom is -0.497 e. The number of carboxylic acids is 1. The van der Waals surface area contributed by atoms with Crippen LogP contribution in [0.5, 0.6) is 5.75 Å². The Kier molecular flexibility index (Phi) is 7.28. The first kappa shape index (κ1) is 24.2. The number of nitrogens with one attached hydrogen (secondary N) is 2. The van der Waals surface area contributed by atoms with E-state index in [4.69, 9.17) is 14.8 Å². The number of ether oxygens (including phenoxy) is 1. The number of hydrogen-bond donors (Lipinski definition) is 3. The van der Waals surface area contributed by atoms with E-state index in [1.54, 1.807) is 7.11 Å². The normalized spacial score (nSPS) is 11.3. The molecule has 9 heteroatoms. The molecule has 1 aromatic heterocycles. The molecule has 35 heavy (non-hydrogen) atoms. The summed E-state index contributed by atoms with van der Waals surface area (Å²) in [6.07, 6.45) is 1.10. The molecule has 0 atom stereocenters. The summed E-state index contributed by atoms with van der Waals surface area (Å²) in [5.74, 6) is 0.384. The van der Waals surface area contributed by atoms with Gasteiger partial charge in [0.15, 0.2) is 0 Å². The van der Waals surface area contributed by atoms with Gasteiger partial charge in [-0.3, -0.25) is 0 Å². The van der Waals surface area contributed by atoms with Crippen molar-refractivity contribution in [2.24, 2.45) is 0 Å². The Morgan fingerprint density at radius 1 is 0.971 bits per heavy atom. The van der Waals surface area contributed by atoms with Crippen LogP contribution in [0.4, 0.5) is 0 Å². The molecule has 0 fully saturated rings. The summed E-state index contributed by atoms with van der Waals surface area (Å²) in [7, 11) is -2.13. The Morgan fingerprint density at radius 2 is 1.66 bits per heavy atom. The Hall–Kier alpha value is -3.95. The Balaban J connectivity index is 1.48. The number of aromatic carboxylic acids is 1. The molecular weight excluding hydrogens is 466 g/mol. The van der Waals surface area contributed by atoms with Crippen LogP contribution in [0, 0.1) is 0 Å². The van der Waals surface area contributed by atoms with Crippen molar-refractivity contribution in [2.75, 3.05) is 13.7 Å². The first-order valence-electron chi connectivity index (χ1n) is 11.0. The highest BCUT2D eigenvalue weighted by Crippen LogP contribution is 2.28. The maximum atomic E-state index is 12.6. The van der Waals surface area contributed by atoms with E-state index in [1.165, 1.54) is 24.3 Å². The lowest BCUT2D eigenvalue weighted by Gasteiger charge is -2.08. The van der Waals surface area contributed by atoms with Gasteiger partial charge in [-0.1, -0.05) is 30.3 Å². The number of benzene rings is 3. The van der Waals surface area contributed by atoms with Crippen LogP contribution in [0.1, 0.15) is 22.5 Å². The lowest BCUT2D eigenvalue weighted by molar-refractivity contribution is 0.0696. The van der Waals surface area contributed by atoms with Gasteiger partial charge in [0, 0.05) is 23.4 Å². The minimum atomic E-state index is -3.75. The molecule has 0 aliphatic carbocycles. The third-order valence-corrected chi connectivity index (χ3v) is 6.97. The van der Waals surface area contributed by atoms with E-state index in [-0.39, 0.29) is 17.0 Å². The van der Waals surface area contributed by atoms with E-state index in [9.17, 15) is 13.2 Å². The Bertz CT molecular complexity index is 1400. The van der Waals surface area contributed by atoms with Crippen molar-refractivity contribution in [2.45, 2.75) is 17.7 Å². The largest absolute Gasteiger partial charge is 0.497 e. The number of aromatic nitrogens is 2. The number of sulfonamides is 1.